The molecule has 0 aromatic heterocycles. The van der Waals surface area contributed by atoms with E-state index in [1.165, 1.54) is 17.3 Å². The van der Waals surface area contributed by atoms with Crippen LogP contribution in [0.4, 0.5) is 0 Å². The first-order chi connectivity index (χ1) is 14.4. The molecule has 3 rings (SSSR count). The summed E-state index contributed by atoms with van der Waals surface area (Å²) in [6.45, 7) is 4.27. The maximum Gasteiger partial charge on any atom is 0.242 e. The average molecular weight is 445 g/mol. The molecule has 1 aliphatic rings. The number of amides is 2. The van der Waals surface area contributed by atoms with Crippen molar-refractivity contribution in [3.8, 4) is 0 Å². The molecular weight excluding hydrogens is 416 g/mol. The Morgan fingerprint density at radius 2 is 1.73 bits per heavy atom. The van der Waals surface area contributed by atoms with Crippen molar-refractivity contribution < 1.29 is 9.59 Å². The maximum absolute atomic E-state index is 13.1. The highest BCUT2D eigenvalue weighted by atomic mass is 35.5. The minimum absolute atomic E-state index is 0.0513. The van der Waals surface area contributed by atoms with Gasteiger partial charge in [-0.3, -0.25) is 9.59 Å². The SMILES string of the molecule is Cc1ccc(CN(C(=O)CSc2ccc(Cl)cc2)[C@@H](C)C(=O)NC2CCCC2)cc1. The van der Waals surface area contributed by atoms with Gasteiger partial charge in [0.25, 0.3) is 0 Å². The van der Waals surface area contributed by atoms with E-state index in [1.807, 2.05) is 62.4 Å². The molecule has 0 heterocycles. The molecule has 2 aromatic rings. The summed E-state index contributed by atoms with van der Waals surface area (Å²) in [7, 11) is 0. The smallest absolute Gasteiger partial charge is 0.242 e. The summed E-state index contributed by atoms with van der Waals surface area (Å²) < 4.78 is 0. The number of halogens is 1. The van der Waals surface area contributed by atoms with Crippen molar-refractivity contribution in [2.45, 2.75) is 63.1 Å². The van der Waals surface area contributed by atoms with Crippen LogP contribution in [0.1, 0.15) is 43.7 Å². The van der Waals surface area contributed by atoms with Crippen LogP contribution in [0, 0.1) is 6.92 Å². The summed E-state index contributed by atoms with van der Waals surface area (Å²) in [6, 6.07) is 15.2. The Balaban J connectivity index is 1.69. The summed E-state index contributed by atoms with van der Waals surface area (Å²) in [4.78, 5) is 28.7. The lowest BCUT2D eigenvalue weighted by Gasteiger charge is -2.29. The predicted octanol–water partition coefficient (Wildman–Crippen LogP) is 5.22. The third kappa shape index (κ3) is 6.51. The number of nitrogens with zero attached hydrogens (tertiary/aromatic N) is 1. The molecule has 160 valence electrons. The van der Waals surface area contributed by atoms with Crippen molar-refractivity contribution in [3.63, 3.8) is 0 Å². The van der Waals surface area contributed by atoms with Crippen LogP contribution in [-0.2, 0) is 16.1 Å². The van der Waals surface area contributed by atoms with Gasteiger partial charge in [0, 0.05) is 22.5 Å². The molecule has 0 spiro atoms. The number of benzene rings is 2. The van der Waals surface area contributed by atoms with Gasteiger partial charge in [0.05, 0.1) is 5.75 Å². The molecule has 0 saturated heterocycles. The van der Waals surface area contributed by atoms with Gasteiger partial charge in [-0.2, -0.15) is 0 Å². The van der Waals surface area contributed by atoms with Crippen LogP contribution in [0.3, 0.4) is 0 Å². The third-order valence-electron chi connectivity index (χ3n) is 5.52. The monoisotopic (exact) mass is 444 g/mol. The number of thioether (sulfide) groups is 1. The van der Waals surface area contributed by atoms with Crippen molar-refractivity contribution in [2.24, 2.45) is 0 Å². The fourth-order valence-corrected chi connectivity index (χ4v) is 4.53. The van der Waals surface area contributed by atoms with Gasteiger partial charge < -0.3 is 10.2 Å². The second kappa shape index (κ2) is 10.9. The van der Waals surface area contributed by atoms with Crippen molar-refractivity contribution in [1.82, 2.24) is 10.2 Å². The molecule has 1 fully saturated rings. The van der Waals surface area contributed by atoms with E-state index in [0.717, 1.165) is 36.1 Å². The van der Waals surface area contributed by atoms with Gasteiger partial charge in [-0.1, -0.05) is 54.3 Å². The van der Waals surface area contributed by atoms with Gasteiger partial charge in [-0.25, -0.2) is 0 Å². The molecule has 0 aliphatic heterocycles. The molecule has 0 unspecified atom stereocenters. The Bertz CT molecular complexity index is 849. The normalized spacial score (nSPS) is 15.0. The van der Waals surface area contributed by atoms with E-state index in [1.54, 1.807) is 4.90 Å². The average Bonchev–Trinajstić information content (AvgIpc) is 3.25. The Kier molecular flexibility index (Phi) is 8.23. The molecule has 30 heavy (non-hydrogen) atoms. The maximum atomic E-state index is 13.1. The third-order valence-corrected chi connectivity index (χ3v) is 6.77. The molecule has 2 amide bonds. The van der Waals surface area contributed by atoms with Gasteiger partial charge >= 0.3 is 0 Å². The molecule has 2 aromatic carbocycles. The lowest BCUT2D eigenvalue weighted by atomic mass is 10.1. The molecule has 1 N–H and O–H groups in total. The zero-order valence-corrected chi connectivity index (χ0v) is 19.1. The van der Waals surface area contributed by atoms with Crippen LogP contribution in [-0.4, -0.2) is 34.6 Å². The van der Waals surface area contributed by atoms with Crippen molar-refractivity contribution in [1.29, 1.82) is 0 Å². The summed E-state index contributed by atoms with van der Waals surface area (Å²) in [5.74, 6) is 0.151. The highest BCUT2D eigenvalue weighted by Crippen LogP contribution is 2.22. The van der Waals surface area contributed by atoms with E-state index >= 15 is 0 Å². The Morgan fingerprint density at radius 1 is 1.10 bits per heavy atom. The summed E-state index contributed by atoms with van der Waals surface area (Å²) in [5, 5.41) is 3.80. The van der Waals surface area contributed by atoms with Crippen LogP contribution < -0.4 is 5.32 Å². The summed E-state index contributed by atoms with van der Waals surface area (Å²) in [6.07, 6.45) is 4.36. The molecule has 6 heteroatoms. The standard InChI is InChI=1S/C24H29ClN2O2S/c1-17-7-9-19(10-8-17)15-27(18(2)24(29)26-21-5-3-4-6-21)23(28)16-30-22-13-11-20(25)12-14-22/h7-14,18,21H,3-6,15-16H2,1-2H3,(H,26,29)/t18-/m0/s1. The Morgan fingerprint density at radius 3 is 2.37 bits per heavy atom. The highest BCUT2D eigenvalue weighted by molar-refractivity contribution is 8.00. The number of hydrogen-bond donors (Lipinski definition) is 1. The zero-order valence-electron chi connectivity index (χ0n) is 17.6. The van der Waals surface area contributed by atoms with Crippen molar-refractivity contribution in [3.05, 3.63) is 64.7 Å². The quantitative estimate of drug-likeness (QED) is 0.568. The number of carbonyl (C=O) groups excluding carboxylic acids is 2. The first-order valence-corrected chi connectivity index (χ1v) is 11.8. The van der Waals surface area contributed by atoms with E-state index < -0.39 is 6.04 Å². The molecule has 0 radical (unpaired) electrons. The van der Waals surface area contributed by atoms with Crippen molar-refractivity contribution >= 4 is 35.2 Å². The van der Waals surface area contributed by atoms with Crippen molar-refractivity contribution in [2.75, 3.05) is 5.75 Å². The van der Waals surface area contributed by atoms with Gasteiger partial charge in [0.2, 0.25) is 11.8 Å². The van der Waals surface area contributed by atoms with E-state index in [-0.39, 0.29) is 23.6 Å². The van der Waals surface area contributed by atoms with Crippen LogP contribution in [0.25, 0.3) is 0 Å². The van der Waals surface area contributed by atoms with Crippen LogP contribution in [0.2, 0.25) is 5.02 Å². The topological polar surface area (TPSA) is 49.4 Å². The summed E-state index contributed by atoms with van der Waals surface area (Å²) in [5.41, 5.74) is 2.19. The molecular formula is C24H29ClN2O2S. The second-order valence-corrected chi connectivity index (χ2v) is 9.40. The minimum atomic E-state index is -0.523. The van der Waals surface area contributed by atoms with Gasteiger partial charge in [-0.05, 0) is 56.5 Å². The minimum Gasteiger partial charge on any atom is -0.352 e. The fourth-order valence-electron chi connectivity index (χ4n) is 3.62. The lowest BCUT2D eigenvalue weighted by Crippen LogP contribution is -2.50. The van der Waals surface area contributed by atoms with E-state index in [2.05, 4.69) is 5.32 Å². The molecule has 1 aliphatic carbocycles. The van der Waals surface area contributed by atoms with Gasteiger partial charge in [0.1, 0.15) is 6.04 Å². The van der Waals surface area contributed by atoms with Gasteiger partial charge in [-0.15, -0.1) is 11.8 Å². The Hall–Kier alpha value is -1.98. The number of nitrogens with one attached hydrogen (secondary N) is 1. The fraction of sp³-hybridized carbons (Fsp3) is 0.417. The first kappa shape index (κ1) is 22.7. The van der Waals surface area contributed by atoms with Crippen LogP contribution in [0.5, 0.6) is 0 Å². The van der Waals surface area contributed by atoms with E-state index in [0.29, 0.717) is 11.6 Å². The van der Waals surface area contributed by atoms with E-state index in [4.69, 9.17) is 11.6 Å². The molecule has 4 nitrogen and oxygen atoms in total. The number of hydrogen-bond acceptors (Lipinski definition) is 3. The van der Waals surface area contributed by atoms with E-state index in [9.17, 15) is 9.59 Å². The van der Waals surface area contributed by atoms with Crippen LogP contribution in [0.15, 0.2) is 53.4 Å². The second-order valence-electron chi connectivity index (χ2n) is 7.92. The molecule has 0 bridgehead atoms. The lowest BCUT2D eigenvalue weighted by molar-refractivity contribution is -0.138. The van der Waals surface area contributed by atoms with Gasteiger partial charge in [0.15, 0.2) is 0 Å². The largest absolute Gasteiger partial charge is 0.352 e. The van der Waals surface area contributed by atoms with Crippen LogP contribution >= 0.6 is 23.4 Å². The number of carbonyl (C=O) groups is 2. The molecule has 1 saturated carbocycles. The molecule has 1 atom stereocenters. The predicted molar refractivity (Wildman–Crippen MR) is 124 cm³/mol. The number of aryl methyl sites for hydroxylation is 1. The first-order valence-electron chi connectivity index (χ1n) is 10.5. The highest BCUT2D eigenvalue weighted by Gasteiger charge is 2.28. The Labute approximate surface area is 188 Å². The zero-order chi connectivity index (χ0) is 21.5. The summed E-state index contributed by atoms with van der Waals surface area (Å²) >= 11 is 7.40. The number of rotatable bonds is 8.